The lowest BCUT2D eigenvalue weighted by Gasteiger charge is -2.34. The van der Waals surface area contributed by atoms with Crippen molar-refractivity contribution in [3.05, 3.63) is 90.9 Å². The molecule has 4 aromatic rings. The van der Waals surface area contributed by atoms with Gasteiger partial charge in [-0.1, -0.05) is 48.5 Å². The second-order valence-electron chi connectivity index (χ2n) is 8.52. The molecule has 35 heavy (non-hydrogen) atoms. The molecule has 1 N–H and O–H groups in total. The van der Waals surface area contributed by atoms with Gasteiger partial charge in [0.15, 0.2) is 0 Å². The molecule has 0 atom stereocenters. The topological polar surface area (TPSA) is 79.2 Å². The molecule has 0 unspecified atom stereocenters. The highest BCUT2D eigenvalue weighted by molar-refractivity contribution is 5.99. The van der Waals surface area contributed by atoms with E-state index >= 15 is 0 Å². The van der Waals surface area contributed by atoms with Gasteiger partial charge >= 0.3 is 0 Å². The van der Waals surface area contributed by atoms with Crippen LogP contribution in [0.25, 0.3) is 16.9 Å². The molecule has 8 nitrogen and oxygen atoms in total. The van der Waals surface area contributed by atoms with Gasteiger partial charge in [-0.25, -0.2) is 14.6 Å². The van der Waals surface area contributed by atoms with Gasteiger partial charge in [-0.2, -0.15) is 5.10 Å². The SMILES string of the molecule is O=C(NCCCN1CCN(c2ncccn2)CC1)c1cn(-c2ccccc2)nc1-c1ccccc1. The van der Waals surface area contributed by atoms with Crippen LogP contribution in [-0.4, -0.2) is 69.8 Å². The highest BCUT2D eigenvalue weighted by Crippen LogP contribution is 2.23. The molecule has 3 heterocycles. The highest BCUT2D eigenvalue weighted by atomic mass is 16.1. The molecule has 1 aliphatic heterocycles. The van der Waals surface area contributed by atoms with Crippen molar-refractivity contribution in [3.8, 4) is 16.9 Å². The minimum atomic E-state index is -0.0999. The van der Waals surface area contributed by atoms with Crippen molar-refractivity contribution in [2.24, 2.45) is 0 Å². The average Bonchev–Trinajstić information content (AvgIpc) is 3.39. The normalized spacial score (nSPS) is 14.1. The van der Waals surface area contributed by atoms with E-state index in [0.717, 1.165) is 56.3 Å². The first-order valence-corrected chi connectivity index (χ1v) is 12.0. The van der Waals surface area contributed by atoms with Crippen molar-refractivity contribution in [1.82, 2.24) is 30.0 Å². The minimum Gasteiger partial charge on any atom is -0.352 e. The molecule has 2 aromatic carbocycles. The lowest BCUT2D eigenvalue weighted by Crippen LogP contribution is -2.47. The van der Waals surface area contributed by atoms with Gasteiger partial charge in [0.2, 0.25) is 5.95 Å². The standard InChI is InChI=1S/C27H29N7O/c35-26(28-15-8-16-32-17-19-33(20-18-32)27-29-13-7-14-30-27)24-21-34(23-11-5-2-6-12-23)31-25(24)22-9-3-1-4-10-22/h1-7,9-14,21H,8,15-20H2,(H,28,35). The molecule has 5 rings (SSSR count). The molecule has 0 spiro atoms. The number of rotatable bonds is 8. The second-order valence-corrected chi connectivity index (χ2v) is 8.52. The molecule has 178 valence electrons. The van der Waals surface area contributed by atoms with Crippen LogP contribution in [0.3, 0.4) is 0 Å². The number of nitrogens with one attached hydrogen (secondary N) is 1. The summed E-state index contributed by atoms with van der Waals surface area (Å²) in [6.45, 7) is 5.32. The van der Waals surface area contributed by atoms with E-state index in [0.29, 0.717) is 17.8 Å². The number of carbonyl (C=O) groups excluding carboxylic acids is 1. The Bertz CT molecular complexity index is 1220. The lowest BCUT2D eigenvalue weighted by atomic mass is 10.1. The van der Waals surface area contributed by atoms with Gasteiger partial charge in [0, 0.05) is 56.9 Å². The number of para-hydroxylation sites is 1. The molecule has 0 radical (unpaired) electrons. The quantitative estimate of drug-likeness (QED) is 0.401. The van der Waals surface area contributed by atoms with Crippen LogP contribution >= 0.6 is 0 Å². The number of anilines is 1. The van der Waals surface area contributed by atoms with Crippen molar-refractivity contribution in [1.29, 1.82) is 0 Å². The molecule has 1 fully saturated rings. The summed E-state index contributed by atoms with van der Waals surface area (Å²) in [6.07, 6.45) is 6.27. The van der Waals surface area contributed by atoms with Gasteiger partial charge in [0.1, 0.15) is 5.69 Å². The zero-order valence-electron chi connectivity index (χ0n) is 19.6. The zero-order chi connectivity index (χ0) is 23.9. The van der Waals surface area contributed by atoms with Crippen LogP contribution in [0.4, 0.5) is 5.95 Å². The van der Waals surface area contributed by atoms with Crippen LogP contribution in [-0.2, 0) is 0 Å². The molecule has 1 saturated heterocycles. The third-order valence-electron chi connectivity index (χ3n) is 6.17. The van der Waals surface area contributed by atoms with Crippen LogP contribution in [0.2, 0.25) is 0 Å². The zero-order valence-corrected chi connectivity index (χ0v) is 19.6. The van der Waals surface area contributed by atoms with Gasteiger partial charge in [0.25, 0.3) is 5.91 Å². The first-order valence-electron chi connectivity index (χ1n) is 12.0. The van der Waals surface area contributed by atoms with E-state index in [-0.39, 0.29) is 5.91 Å². The van der Waals surface area contributed by atoms with E-state index in [2.05, 4.69) is 25.1 Å². The number of carbonyl (C=O) groups is 1. The molecular weight excluding hydrogens is 438 g/mol. The number of aromatic nitrogens is 4. The number of amides is 1. The molecule has 1 aliphatic rings. The maximum atomic E-state index is 13.1. The Hall–Kier alpha value is -4.04. The van der Waals surface area contributed by atoms with Crippen LogP contribution in [0.15, 0.2) is 85.3 Å². The summed E-state index contributed by atoms with van der Waals surface area (Å²) in [5, 5.41) is 7.84. The smallest absolute Gasteiger partial charge is 0.255 e. The molecule has 2 aromatic heterocycles. The molecule has 0 bridgehead atoms. The van der Waals surface area contributed by atoms with E-state index < -0.39 is 0 Å². The van der Waals surface area contributed by atoms with Gasteiger partial charge in [-0.3, -0.25) is 9.69 Å². The third kappa shape index (κ3) is 5.55. The van der Waals surface area contributed by atoms with Crippen molar-refractivity contribution in [2.45, 2.75) is 6.42 Å². The molecule has 8 heteroatoms. The van der Waals surface area contributed by atoms with E-state index in [9.17, 15) is 4.79 Å². The van der Waals surface area contributed by atoms with E-state index in [4.69, 9.17) is 5.10 Å². The summed E-state index contributed by atoms with van der Waals surface area (Å²) in [5.74, 6) is 0.696. The first-order chi connectivity index (χ1) is 17.3. The number of hydrogen-bond donors (Lipinski definition) is 1. The summed E-state index contributed by atoms with van der Waals surface area (Å²) in [6, 6.07) is 21.5. The predicted octanol–water partition coefficient (Wildman–Crippen LogP) is 3.27. The first kappa shape index (κ1) is 22.7. The number of benzene rings is 2. The Morgan fingerprint density at radius 2 is 1.54 bits per heavy atom. The molecule has 0 saturated carbocycles. The minimum absolute atomic E-state index is 0.0999. The summed E-state index contributed by atoms with van der Waals surface area (Å²) in [5.41, 5.74) is 3.11. The maximum Gasteiger partial charge on any atom is 0.255 e. The third-order valence-corrected chi connectivity index (χ3v) is 6.17. The van der Waals surface area contributed by atoms with Crippen molar-refractivity contribution in [2.75, 3.05) is 44.2 Å². The average molecular weight is 468 g/mol. The summed E-state index contributed by atoms with van der Waals surface area (Å²) < 4.78 is 1.77. The Kier molecular flexibility index (Phi) is 7.10. The highest BCUT2D eigenvalue weighted by Gasteiger charge is 2.20. The maximum absolute atomic E-state index is 13.1. The van der Waals surface area contributed by atoms with E-state index in [1.807, 2.05) is 72.9 Å². The van der Waals surface area contributed by atoms with Gasteiger partial charge < -0.3 is 10.2 Å². The van der Waals surface area contributed by atoms with E-state index in [1.165, 1.54) is 0 Å². The van der Waals surface area contributed by atoms with Crippen molar-refractivity contribution < 1.29 is 4.79 Å². The van der Waals surface area contributed by atoms with Crippen LogP contribution in [0.1, 0.15) is 16.8 Å². The number of nitrogens with zero attached hydrogens (tertiary/aromatic N) is 6. The van der Waals surface area contributed by atoms with Crippen molar-refractivity contribution in [3.63, 3.8) is 0 Å². The number of hydrogen-bond acceptors (Lipinski definition) is 6. The molecular formula is C27H29N7O. The van der Waals surface area contributed by atoms with Gasteiger partial charge in [-0.15, -0.1) is 0 Å². The summed E-state index contributed by atoms with van der Waals surface area (Å²) in [7, 11) is 0. The Balaban J connectivity index is 1.17. The van der Waals surface area contributed by atoms with E-state index in [1.54, 1.807) is 17.1 Å². The fourth-order valence-electron chi connectivity index (χ4n) is 4.29. The van der Waals surface area contributed by atoms with Crippen molar-refractivity contribution >= 4 is 11.9 Å². The number of piperazine rings is 1. The summed E-state index contributed by atoms with van der Waals surface area (Å²) >= 11 is 0. The Morgan fingerprint density at radius 1 is 0.857 bits per heavy atom. The van der Waals surface area contributed by atoms with Crippen LogP contribution in [0.5, 0.6) is 0 Å². The Labute approximate surface area is 205 Å². The van der Waals surface area contributed by atoms with Crippen LogP contribution in [0, 0.1) is 0 Å². The fraction of sp³-hybridized carbons (Fsp3) is 0.259. The fourth-order valence-corrected chi connectivity index (χ4v) is 4.29. The monoisotopic (exact) mass is 467 g/mol. The Morgan fingerprint density at radius 3 is 2.26 bits per heavy atom. The van der Waals surface area contributed by atoms with Gasteiger partial charge in [0.05, 0.1) is 11.3 Å². The molecule has 0 aliphatic carbocycles. The van der Waals surface area contributed by atoms with Crippen LogP contribution < -0.4 is 10.2 Å². The lowest BCUT2D eigenvalue weighted by molar-refractivity contribution is 0.0952. The largest absolute Gasteiger partial charge is 0.352 e. The second kappa shape index (κ2) is 10.9. The predicted molar refractivity (Wildman–Crippen MR) is 137 cm³/mol. The van der Waals surface area contributed by atoms with Gasteiger partial charge in [-0.05, 0) is 31.2 Å². The molecule has 1 amide bonds. The summed E-state index contributed by atoms with van der Waals surface area (Å²) in [4.78, 5) is 26.5.